The Kier molecular flexibility index (Phi) is 3.79. The highest BCUT2D eigenvalue weighted by Crippen LogP contribution is 2.03. The Balaban J connectivity index is 3.17. The first-order valence-electron chi connectivity index (χ1n) is 3.08. The van der Waals surface area contributed by atoms with Crippen molar-refractivity contribution in [2.75, 3.05) is 0 Å². The zero-order chi connectivity index (χ0) is 6.57. The molecule has 0 fully saturated rings. The average Bonchev–Trinajstić information content (AvgIpc) is 1.67. The second-order valence-electron chi connectivity index (χ2n) is 2.16. The lowest BCUT2D eigenvalue weighted by Gasteiger charge is -2.08. The number of halogens is 1. The van der Waals surface area contributed by atoms with Gasteiger partial charge < -0.3 is 5.73 Å². The third-order valence-corrected chi connectivity index (χ3v) is 1.13. The van der Waals surface area contributed by atoms with Gasteiger partial charge in [0, 0.05) is 6.04 Å². The molecule has 0 bridgehead atoms. The quantitative estimate of drug-likeness (QED) is 0.598. The standard InChI is InChI=1S/C6H14FN/c1-3-4-6(7)5(2)8/h5-6H,3-4,8H2,1-2H3/t5?,6-/m1/s1. The monoisotopic (exact) mass is 119 g/mol. The van der Waals surface area contributed by atoms with Crippen LogP contribution in [-0.4, -0.2) is 12.2 Å². The first-order chi connectivity index (χ1) is 3.68. The Morgan fingerprint density at radius 1 is 1.62 bits per heavy atom. The predicted octanol–water partition coefficient (Wildman–Crippen LogP) is 1.47. The molecule has 0 saturated carbocycles. The molecule has 0 spiro atoms. The Labute approximate surface area is 50.1 Å². The van der Waals surface area contributed by atoms with Gasteiger partial charge in [-0.2, -0.15) is 0 Å². The van der Waals surface area contributed by atoms with Gasteiger partial charge in [-0.1, -0.05) is 13.3 Å². The molecule has 50 valence electrons. The normalized spacial score (nSPS) is 18.0. The molecule has 2 N–H and O–H groups in total. The van der Waals surface area contributed by atoms with Gasteiger partial charge in [-0.25, -0.2) is 4.39 Å². The van der Waals surface area contributed by atoms with Crippen molar-refractivity contribution < 1.29 is 4.39 Å². The number of hydrogen-bond acceptors (Lipinski definition) is 1. The molecule has 0 radical (unpaired) electrons. The van der Waals surface area contributed by atoms with Gasteiger partial charge >= 0.3 is 0 Å². The van der Waals surface area contributed by atoms with Crippen LogP contribution in [0, 0.1) is 0 Å². The van der Waals surface area contributed by atoms with E-state index in [-0.39, 0.29) is 6.04 Å². The van der Waals surface area contributed by atoms with Gasteiger partial charge in [0.1, 0.15) is 6.17 Å². The van der Waals surface area contributed by atoms with Crippen LogP contribution in [0.5, 0.6) is 0 Å². The summed E-state index contributed by atoms with van der Waals surface area (Å²) in [6.07, 6.45) is 0.667. The van der Waals surface area contributed by atoms with Gasteiger partial charge in [0.2, 0.25) is 0 Å². The van der Waals surface area contributed by atoms with Crippen molar-refractivity contribution in [2.45, 2.75) is 38.9 Å². The third-order valence-electron chi connectivity index (χ3n) is 1.13. The van der Waals surface area contributed by atoms with Crippen molar-refractivity contribution in [1.29, 1.82) is 0 Å². The SMILES string of the molecule is CCC[C@@H](F)C(C)N. The lowest BCUT2D eigenvalue weighted by molar-refractivity contribution is 0.273. The van der Waals surface area contributed by atoms with Crippen LogP contribution in [0.2, 0.25) is 0 Å². The van der Waals surface area contributed by atoms with Gasteiger partial charge in [-0.05, 0) is 13.3 Å². The number of nitrogens with two attached hydrogens (primary N) is 1. The molecule has 0 aromatic carbocycles. The molecule has 0 rings (SSSR count). The first-order valence-corrected chi connectivity index (χ1v) is 3.08. The maximum absolute atomic E-state index is 12.4. The van der Waals surface area contributed by atoms with Gasteiger partial charge in [-0.15, -0.1) is 0 Å². The summed E-state index contributed by atoms with van der Waals surface area (Å²) in [5.41, 5.74) is 5.25. The van der Waals surface area contributed by atoms with E-state index in [1.54, 1.807) is 6.92 Å². The van der Waals surface area contributed by atoms with E-state index in [0.29, 0.717) is 6.42 Å². The molecule has 1 unspecified atom stereocenters. The van der Waals surface area contributed by atoms with Crippen molar-refractivity contribution in [2.24, 2.45) is 5.73 Å². The van der Waals surface area contributed by atoms with E-state index in [4.69, 9.17) is 5.73 Å². The highest BCUT2D eigenvalue weighted by molar-refractivity contribution is 4.64. The maximum Gasteiger partial charge on any atom is 0.115 e. The Morgan fingerprint density at radius 3 is 2.25 bits per heavy atom. The molecule has 0 aliphatic rings. The lowest BCUT2D eigenvalue weighted by atomic mass is 10.1. The van der Waals surface area contributed by atoms with Gasteiger partial charge in [0.25, 0.3) is 0 Å². The highest BCUT2D eigenvalue weighted by Gasteiger charge is 2.08. The molecule has 8 heavy (non-hydrogen) atoms. The van der Waals surface area contributed by atoms with Gasteiger partial charge in [0.15, 0.2) is 0 Å². The van der Waals surface area contributed by atoms with Crippen LogP contribution in [0.3, 0.4) is 0 Å². The summed E-state index contributed by atoms with van der Waals surface area (Å²) >= 11 is 0. The zero-order valence-corrected chi connectivity index (χ0v) is 5.52. The molecule has 0 aromatic rings. The van der Waals surface area contributed by atoms with E-state index in [0.717, 1.165) is 6.42 Å². The minimum atomic E-state index is -0.806. The van der Waals surface area contributed by atoms with Crippen molar-refractivity contribution in [1.82, 2.24) is 0 Å². The maximum atomic E-state index is 12.4. The fraction of sp³-hybridized carbons (Fsp3) is 1.00. The van der Waals surface area contributed by atoms with Crippen molar-refractivity contribution in [3.63, 3.8) is 0 Å². The Bertz CT molecular complexity index is 54.5. The smallest absolute Gasteiger partial charge is 0.115 e. The lowest BCUT2D eigenvalue weighted by Crippen LogP contribution is -2.27. The van der Waals surface area contributed by atoms with E-state index < -0.39 is 6.17 Å². The molecule has 0 heterocycles. The second kappa shape index (κ2) is 3.84. The van der Waals surface area contributed by atoms with Crippen molar-refractivity contribution >= 4 is 0 Å². The van der Waals surface area contributed by atoms with E-state index >= 15 is 0 Å². The van der Waals surface area contributed by atoms with Crippen LogP contribution in [0.15, 0.2) is 0 Å². The average molecular weight is 119 g/mol. The van der Waals surface area contributed by atoms with Crippen LogP contribution in [-0.2, 0) is 0 Å². The fourth-order valence-electron chi connectivity index (χ4n) is 0.539. The number of hydrogen-bond donors (Lipinski definition) is 1. The van der Waals surface area contributed by atoms with Crippen LogP contribution >= 0.6 is 0 Å². The minimum absolute atomic E-state index is 0.296. The van der Waals surface area contributed by atoms with Gasteiger partial charge in [-0.3, -0.25) is 0 Å². The summed E-state index contributed by atoms with van der Waals surface area (Å²) in [6, 6.07) is -0.296. The molecule has 0 aliphatic heterocycles. The number of alkyl halides is 1. The molecule has 0 amide bonds. The van der Waals surface area contributed by atoms with E-state index in [1.807, 2.05) is 6.92 Å². The molecule has 2 heteroatoms. The Hall–Kier alpha value is -0.110. The molecular weight excluding hydrogens is 105 g/mol. The van der Waals surface area contributed by atoms with E-state index in [1.165, 1.54) is 0 Å². The van der Waals surface area contributed by atoms with Crippen LogP contribution < -0.4 is 5.73 Å². The summed E-state index contributed by atoms with van der Waals surface area (Å²) < 4.78 is 12.4. The number of rotatable bonds is 3. The van der Waals surface area contributed by atoms with Crippen molar-refractivity contribution in [3.05, 3.63) is 0 Å². The largest absolute Gasteiger partial charge is 0.325 e. The van der Waals surface area contributed by atoms with E-state index in [9.17, 15) is 4.39 Å². The van der Waals surface area contributed by atoms with Crippen LogP contribution in [0.25, 0.3) is 0 Å². The Morgan fingerprint density at radius 2 is 2.12 bits per heavy atom. The third kappa shape index (κ3) is 2.97. The molecule has 1 nitrogen and oxygen atoms in total. The summed E-state index contributed by atoms with van der Waals surface area (Å²) in [5, 5.41) is 0. The first kappa shape index (κ1) is 7.89. The molecule has 0 aromatic heterocycles. The molecule has 0 aliphatic carbocycles. The van der Waals surface area contributed by atoms with Crippen LogP contribution in [0.4, 0.5) is 4.39 Å². The van der Waals surface area contributed by atoms with E-state index in [2.05, 4.69) is 0 Å². The molecular formula is C6H14FN. The zero-order valence-electron chi connectivity index (χ0n) is 5.52. The van der Waals surface area contributed by atoms with Gasteiger partial charge in [0.05, 0.1) is 0 Å². The summed E-state index contributed by atoms with van der Waals surface area (Å²) in [7, 11) is 0. The second-order valence-corrected chi connectivity index (χ2v) is 2.16. The highest BCUT2D eigenvalue weighted by atomic mass is 19.1. The summed E-state index contributed by atoms with van der Waals surface area (Å²) in [6.45, 7) is 3.65. The topological polar surface area (TPSA) is 26.0 Å². The predicted molar refractivity (Wildman–Crippen MR) is 33.5 cm³/mol. The fourth-order valence-corrected chi connectivity index (χ4v) is 0.539. The summed E-state index contributed by atoms with van der Waals surface area (Å²) in [4.78, 5) is 0. The summed E-state index contributed by atoms with van der Waals surface area (Å²) in [5.74, 6) is 0. The van der Waals surface area contributed by atoms with Crippen molar-refractivity contribution in [3.8, 4) is 0 Å². The molecule has 2 atom stereocenters. The van der Waals surface area contributed by atoms with Crippen LogP contribution in [0.1, 0.15) is 26.7 Å². The minimum Gasteiger partial charge on any atom is -0.325 e. The molecule has 0 saturated heterocycles.